The van der Waals surface area contributed by atoms with Gasteiger partial charge in [0.2, 0.25) is 0 Å². The van der Waals surface area contributed by atoms with Crippen LogP contribution in [0.4, 0.5) is 14.5 Å². The molecule has 1 aromatic heterocycles. The maximum atomic E-state index is 12.0. The van der Waals surface area contributed by atoms with E-state index < -0.39 is 6.61 Å². The number of hydrogen-bond donors (Lipinski definition) is 0. The highest BCUT2D eigenvalue weighted by molar-refractivity contribution is 5.81. The van der Waals surface area contributed by atoms with Gasteiger partial charge >= 0.3 is 6.61 Å². The second kappa shape index (κ2) is 5.86. The highest BCUT2D eigenvalue weighted by Crippen LogP contribution is 2.19. The number of rotatable bonds is 4. The van der Waals surface area contributed by atoms with E-state index in [0.717, 1.165) is 5.56 Å². The van der Waals surface area contributed by atoms with Crippen LogP contribution in [0.15, 0.2) is 53.8 Å². The summed E-state index contributed by atoms with van der Waals surface area (Å²) in [6.07, 6.45) is 4.31. The summed E-state index contributed by atoms with van der Waals surface area (Å²) >= 11 is 0. The van der Waals surface area contributed by atoms with Gasteiger partial charge in [-0.25, -0.2) is 0 Å². The molecule has 0 unspecified atom stereocenters. The molecule has 0 saturated carbocycles. The number of hydrogen-bond acceptors (Lipinski definition) is 3. The SMILES string of the molecule is FC(F)Oc1cncc(N=Cc2ccccc2)c1. The minimum Gasteiger partial charge on any atom is -0.433 e. The highest BCUT2D eigenvalue weighted by Gasteiger charge is 2.04. The second-order valence-corrected chi connectivity index (χ2v) is 3.43. The van der Waals surface area contributed by atoms with E-state index in [1.54, 1.807) is 6.21 Å². The largest absolute Gasteiger partial charge is 0.433 e. The van der Waals surface area contributed by atoms with E-state index in [4.69, 9.17) is 0 Å². The maximum absolute atomic E-state index is 12.0. The van der Waals surface area contributed by atoms with Crippen LogP contribution in [0, 0.1) is 0 Å². The molecule has 0 N–H and O–H groups in total. The maximum Gasteiger partial charge on any atom is 0.387 e. The summed E-state index contributed by atoms with van der Waals surface area (Å²) in [5.41, 5.74) is 1.37. The molecule has 0 atom stereocenters. The van der Waals surface area contributed by atoms with Crippen molar-refractivity contribution >= 4 is 11.9 Å². The summed E-state index contributed by atoms with van der Waals surface area (Å²) in [7, 11) is 0. The van der Waals surface area contributed by atoms with Crippen LogP contribution in [0.1, 0.15) is 5.56 Å². The van der Waals surface area contributed by atoms with E-state index >= 15 is 0 Å². The lowest BCUT2D eigenvalue weighted by atomic mass is 10.2. The number of halogens is 2. The molecule has 0 fully saturated rings. The molecule has 1 aromatic carbocycles. The smallest absolute Gasteiger partial charge is 0.387 e. The van der Waals surface area contributed by atoms with Gasteiger partial charge in [0.05, 0.1) is 18.1 Å². The Morgan fingerprint density at radius 3 is 2.67 bits per heavy atom. The van der Waals surface area contributed by atoms with Gasteiger partial charge in [0.25, 0.3) is 0 Å². The number of aromatic nitrogens is 1. The third-order valence-corrected chi connectivity index (χ3v) is 2.09. The van der Waals surface area contributed by atoms with Crippen LogP contribution in [0.25, 0.3) is 0 Å². The monoisotopic (exact) mass is 248 g/mol. The van der Waals surface area contributed by atoms with Gasteiger partial charge in [0, 0.05) is 12.3 Å². The van der Waals surface area contributed by atoms with Crippen LogP contribution in [0.3, 0.4) is 0 Å². The summed E-state index contributed by atoms with van der Waals surface area (Å²) in [4.78, 5) is 7.91. The number of ether oxygens (including phenoxy) is 1. The molecule has 92 valence electrons. The van der Waals surface area contributed by atoms with E-state index in [1.165, 1.54) is 18.5 Å². The van der Waals surface area contributed by atoms with Crippen LogP contribution in [-0.2, 0) is 0 Å². The van der Waals surface area contributed by atoms with Crippen molar-refractivity contribution < 1.29 is 13.5 Å². The van der Waals surface area contributed by atoms with Crippen molar-refractivity contribution in [2.75, 3.05) is 0 Å². The van der Waals surface area contributed by atoms with E-state index in [1.807, 2.05) is 30.3 Å². The standard InChI is InChI=1S/C13H10F2N2O/c14-13(15)18-12-6-11(8-16-9-12)17-7-10-4-2-1-3-5-10/h1-9,13H. The lowest BCUT2D eigenvalue weighted by Gasteiger charge is -2.03. The summed E-state index contributed by atoms with van der Waals surface area (Å²) in [5, 5.41) is 0. The first kappa shape index (κ1) is 12.2. The molecule has 0 bridgehead atoms. The molecular formula is C13H10F2N2O. The Labute approximate surface area is 103 Å². The average molecular weight is 248 g/mol. The van der Waals surface area contributed by atoms with Crippen molar-refractivity contribution in [3.8, 4) is 5.75 Å². The van der Waals surface area contributed by atoms with E-state index in [0.29, 0.717) is 5.69 Å². The molecule has 2 rings (SSSR count). The number of pyridine rings is 1. The third kappa shape index (κ3) is 3.62. The summed E-state index contributed by atoms with van der Waals surface area (Å²) < 4.78 is 28.3. The molecule has 0 aliphatic heterocycles. The topological polar surface area (TPSA) is 34.5 Å². The lowest BCUT2D eigenvalue weighted by Crippen LogP contribution is -2.01. The van der Waals surface area contributed by atoms with Gasteiger partial charge in [0.15, 0.2) is 0 Å². The number of nitrogens with zero attached hydrogens (tertiary/aromatic N) is 2. The first-order valence-corrected chi connectivity index (χ1v) is 5.23. The minimum absolute atomic E-state index is 0.00675. The van der Waals surface area contributed by atoms with Gasteiger partial charge in [-0.15, -0.1) is 0 Å². The van der Waals surface area contributed by atoms with Crippen molar-refractivity contribution in [2.45, 2.75) is 6.61 Å². The summed E-state index contributed by atoms with van der Waals surface area (Å²) in [5.74, 6) is -0.00675. The molecule has 0 saturated heterocycles. The minimum atomic E-state index is -2.86. The van der Waals surface area contributed by atoms with E-state index in [-0.39, 0.29) is 5.75 Å². The van der Waals surface area contributed by atoms with Gasteiger partial charge in [-0.1, -0.05) is 30.3 Å². The molecule has 1 heterocycles. The van der Waals surface area contributed by atoms with Crippen molar-refractivity contribution in [3.05, 3.63) is 54.4 Å². The zero-order valence-corrected chi connectivity index (χ0v) is 9.33. The van der Waals surface area contributed by atoms with Gasteiger partial charge in [-0.05, 0) is 5.56 Å². The first-order chi connectivity index (χ1) is 8.74. The summed E-state index contributed by atoms with van der Waals surface area (Å²) in [6.45, 7) is -2.86. The quantitative estimate of drug-likeness (QED) is 0.777. The predicted octanol–water partition coefficient (Wildman–Crippen LogP) is 3.43. The zero-order chi connectivity index (χ0) is 12.8. The number of aliphatic imine (C=N–C) groups is 1. The Balaban J connectivity index is 2.12. The average Bonchev–Trinajstić information content (AvgIpc) is 2.37. The molecular weight excluding hydrogens is 238 g/mol. The molecule has 0 aliphatic rings. The van der Waals surface area contributed by atoms with Crippen LogP contribution in [-0.4, -0.2) is 17.8 Å². The number of alkyl halides is 2. The Kier molecular flexibility index (Phi) is 3.96. The van der Waals surface area contributed by atoms with Gasteiger partial charge in [-0.3, -0.25) is 9.98 Å². The molecule has 18 heavy (non-hydrogen) atoms. The van der Waals surface area contributed by atoms with E-state index in [9.17, 15) is 8.78 Å². The highest BCUT2D eigenvalue weighted by atomic mass is 19.3. The second-order valence-electron chi connectivity index (χ2n) is 3.43. The van der Waals surface area contributed by atoms with Gasteiger partial charge in [-0.2, -0.15) is 8.78 Å². The number of benzene rings is 1. The van der Waals surface area contributed by atoms with Gasteiger partial charge in [0.1, 0.15) is 5.75 Å². The first-order valence-electron chi connectivity index (χ1n) is 5.23. The Morgan fingerprint density at radius 1 is 1.17 bits per heavy atom. The molecule has 0 spiro atoms. The van der Waals surface area contributed by atoms with Crippen LogP contribution in [0.2, 0.25) is 0 Å². The fourth-order valence-electron chi connectivity index (χ4n) is 1.33. The van der Waals surface area contributed by atoms with Crippen LogP contribution >= 0.6 is 0 Å². The van der Waals surface area contributed by atoms with Crippen molar-refractivity contribution in [1.82, 2.24) is 4.98 Å². The fourth-order valence-corrected chi connectivity index (χ4v) is 1.33. The van der Waals surface area contributed by atoms with E-state index in [2.05, 4.69) is 14.7 Å². The fraction of sp³-hybridized carbons (Fsp3) is 0.0769. The Bertz CT molecular complexity index is 530. The summed E-state index contributed by atoms with van der Waals surface area (Å²) in [6, 6.07) is 10.8. The van der Waals surface area contributed by atoms with Crippen molar-refractivity contribution in [2.24, 2.45) is 4.99 Å². The van der Waals surface area contributed by atoms with Crippen LogP contribution < -0.4 is 4.74 Å². The van der Waals surface area contributed by atoms with Crippen LogP contribution in [0.5, 0.6) is 5.75 Å². The molecule has 0 aliphatic carbocycles. The molecule has 0 radical (unpaired) electrons. The molecule has 5 heteroatoms. The molecule has 2 aromatic rings. The van der Waals surface area contributed by atoms with Crippen molar-refractivity contribution in [3.63, 3.8) is 0 Å². The third-order valence-electron chi connectivity index (χ3n) is 2.09. The zero-order valence-electron chi connectivity index (χ0n) is 9.33. The Morgan fingerprint density at radius 2 is 1.94 bits per heavy atom. The molecule has 0 amide bonds. The predicted molar refractivity (Wildman–Crippen MR) is 64.6 cm³/mol. The van der Waals surface area contributed by atoms with Gasteiger partial charge < -0.3 is 4.74 Å². The van der Waals surface area contributed by atoms with Crippen molar-refractivity contribution in [1.29, 1.82) is 0 Å². The Hall–Kier alpha value is -2.30. The molecule has 3 nitrogen and oxygen atoms in total. The normalized spacial score (nSPS) is 11.1. The lowest BCUT2D eigenvalue weighted by molar-refractivity contribution is -0.0500.